The first kappa shape index (κ1) is 14.1. The summed E-state index contributed by atoms with van der Waals surface area (Å²) in [7, 11) is 0. The van der Waals surface area contributed by atoms with Gasteiger partial charge in [0.1, 0.15) is 5.69 Å². The van der Waals surface area contributed by atoms with E-state index in [9.17, 15) is 9.59 Å². The minimum atomic E-state index is -0.407. The van der Waals surface area contributed by atoms with E-state index in [2.05, 4.69) is 4.98 Å². The molecule has 5 nitrogen and oxygen atoms in total. The van der Waals surface area contributed by atoms with Crippen LogP contribution >= 0.6 is 0 Å². The van der Waals surface area contributed by atoms with Gasteiger partial charge in [-0.15, -0.1) is 0 Å². The van der Waals surface area contributed by atoms with Crippen molar-refractivity contribution in [1.29, 1.82) is 0 Å². The first-order valence-corrected chi connectivity index (χ1v) is 6.52. The average Bonchev–Trinajstić information content (AvgIpc) is 2.80. The maximum absolute atomic E-state index is 11.8. The van der Waals surface area contributed by atoms with Crippen molar-refractivity contribution in [2.24, 2.45) is 0 Å². The van der Waals surface area contributed by atoms with Gasteiger partial charge in [0, 0.05) is 10.9 Å². The number of H-pyrrole nitrogens is 1. The molecule has 0 fully saturated rings. The molecule has 0 aliphatic heterocycles. The monoisotopic (exact) mass is 275 g/mol. The third kappa shape index (κ3) is 2.99. The highest BCUT2D eigenvalue weighted by molar-refractivity contribution is 5.98. The highest BCUT2D eigenvalue weighted by Gasteiger charge is 2.13. The number of carbonyl (C=O) groups excluding carboxylic acids is 2. The minimum Gasteiger partial charge on any atom is -0.461 e. The standard InChI is InChI=1S/C15H17NO4/c1-4-19-15(18)13-8-11-7-10(5-6-12(11)16-13)14(17)20-9(2)3/h5-9,16H,4H2,1-3H3. The first-order valence-electron chi connectivity index (χ1n) is 6.52. The fourth-order valence-electron chi connectivity index (χ4n) is 1.86. The molecule has 1 aromatic heterocycles. The van der Waals surface area contributed by atoms with Gasteiger partial charge in [0.05, 0.1) is 18.3 Å². The van der Waals surface area contributed by atoms with Crippen LogP contribution in [0, 0.1) is 0 Å². The van der Waals surface area contributed by atoms with Crippen molar-refractivity contribution in [3.63, 3.8) is 0 Å². The summed E-state index contributed by atoms with van der Waals surface area (Å²) in [6.45, 7) is 5.66. The van der Waals surface area contributed by atoms with Gasteiger partial charge in [-0.1, -0.05) is 0 Å². The molecule has 2 aromatic rings. The number of rotatable bonds is 4. The van der Waals surface area contributed by atoms with Gasteiger partial charge in [-0.3, -0.25) is 0 Å². The van der Waals surface area contributed by atoms with E-state index in [1.165, 1.54) is 0 Å². The summed E-state index contributed by atoms with van der Waals surface area (Å²) in [4.78, 5) is 26.4. The Hall–Kier alpha value is -2.30. The second kappa shape index (κ2) is 5.77. The zero-order chi connectivity index (χ0) is 14.7. The van der Waals surface area contributed by atoms with Crippen molar-refractivity contribution in [3.8, 4) is 0 Å². The summed E-state index contributed by atoms with van der Waals surface area (Å²) >= 11 is 0. The van der Waals surface area contributed by atoms with Gasteiger partial charge in [0.2, 0.25) is 0 Å². The molecule has 0 radical (unpaired) electrons. The minimum absolute atomic E-state index is 0.167. The van der Waals surface area contributed by atoms with Crippen LogP contribution in [0.1, 0.15) is 41.6 Å². The second-order valence-corrected chi connectivity index (χ2v) is 4.66. The fourth-order valence-corrected chi connectivity index (χ4v) is 1.86. The molecule has 0 atom stereocenters. The average molecular weight is 275 g/mol. The molecule has 0 amide bonds. The largest absolute Gasteiger partial charge is 0.461 e. The van der Waals surface area contributed by atoms with Crippen LogP contribution in [-0.4, -0.2) is 29.6 Å². The number of benzene rings is 1. The molecule has 0 aliphatic carbocycles. The van der Waals surface area contributed by atoms with Gasteiger partial charge in [-0.25, -0.2) is 9.59 Å². The highest BCUT2D eigenvalue weighted by Crippen LogP contribution is 2.18. The summed E-state index contributed by atoms with van der Waals surface area (Å²) in [5, 5.41) is 0.770. The number of ether oxygens (including phenoxy) is 2. The SMILES string of the molecule is CCOC(=O)c1cc2cc(C(=O)OC(C)C)ccc2[nH]1. The zero-order valence-corrected chi connectivity index (χ0v) is 11.7. The van der Waals surface area contributed by atoms with Crippen LogP contribution in [0.3, 0.4) is 0 Å². The van der Waals surface area contributed by atoms with E-state index in [0.717, 1.165) is 10.9 Å². The van der Waals surface area contributed by atoms with Crippen LogP contribution in [0.4, 0.5) is 0 Å². The normalized spacial score (nSPS) is 10.8. The maximum Gasteiger partial charge on any atom is 0.354 e. The third-order valence-electron chi connectivity index (χ3n) is 2.69. The number of aromatic nitrogens is 1. The van der Waals surface area contributed by atoms with Crippen LogP contribution in [0.15, 0.2) is 24.3 Å². The van der Waals surface area contributed by atoms with Gasteiger partial charge in [0.25, 0.3) is 0 Å². The van der Waals surface area contributed by atoms with Crippen molar-refractivity contribution in [2.45, 2.75) is 26.9 Å². The quantitative estimate of drug-likeness (QED) is 0.871. The van der Waals surface area contributed by atoms with Crippen molar-refractivity contribution < 1.29 is 19.1 Å². The number of hydrogen-bond donors (Lipinski definition) is 1. The molecule has 5 heteroatoms. The fraction of sp³-hybridized carbons (Fsp3) is 0.333. The van der Waals surface area contributed by atoms with Crippen molar-refractivity contribution in [3.05, 3.63) is 35.5 Å². The van der Waals surface area contributed by atoms with E-state index in [1.807, 2.05) is 0 Å². The van der Waals surface area contributed by atoms with E-state index >= 15 is 0 Å². The predicted molar refractivity (Wildman–Crippen MR) is 74.8 cm³/mol. The number of nitrogens with one attached hydrogen (secondary N) is 1. The lowest BCUT2D eigenvalue weighted by Gasteiger charge is -2.07. The number of esters is 2. The summed E-state index contributed by atoms with van der Waals surface area (Å²) in [6.07, 6.45) is -0.167. The van der Waals surface area contributed by atoms with Gasteiger partial charge < -0.3 is 14.5 Å². The van der Waals surface area contributed by atoms with E-state index in [0.29, 0.717) is 17.9 Å². The summed E-state index contributed by atoms with van der Waals surface area (Å²) in [5.41, 5.74) is 1.60. The second-order valence-electron chi connectivity index (χ2n) is 4.66. The molecular weight excluding hydrogens is 258 g/mol. The lowest BCUT2D eigenvalue weighted by atomic mass is 10.1. The number of carbonyl (C=O) groups is 2. The summed E-state index contributed by atoms with van der Waals surface area (Å²) < 4.78 is 10.1. The van der Waals surface area contributed by atoms with Gasteiger partial charge in [0.15, 0.2) is 0 Å². The van der Waals surface area contributed by atoms with Crippen molar-refractivity contribution in [2.75, 3.05) is 6.61 Å². The Morgan fingerprint density at radius 1 is 1.20 bits per heavy atom. The lowest BCUT2D eigenvalue weighted by Crippen LogP contribution is -2.11. The Morgan fingerprint density at radius 2 is 1.95 bits per heavy atom. The molecule has 0 saturated heterocycles. The van der Waals surface area contributed by atoms with Gasteiger partial charge >= 0.3 is 11.9 Å². The van der Waals surface area contributed by atoms with Crippen LogP contribution in [0.5, 0.6) is 0 Å². The highest BCUT2D eigenvalue weighted by atomic mass is 16.5. The molecule has 0 unspecified atom stereocenters. The van der Waals surface area contributed by atoms with Crippen LogP contribution < -0.4 is 0 Å². The third-order valence-corrected chi connectivity index (χ3v) is 2.69. The number of fused-ring (bicyclic) bond motifs is 1. The number of hydrogen-bond acceptors (Lipinski definition) is 4. The smallest absolute Gasteiger partial charge is 0.354 e. The van der Waals surface area contributed by atoms with Crippen molar-refractivity contribution >= 4 is 22.8 Å². The Balaban J connectivity index is 2.30. The molecule has 0 bridgehead atoms. The maximum atomic E-state index is 11.8. The van der Waals surface area contributed by atoms with Crippen LogP contribution in [0.2, 0.25) is 0 Å². The van der Waals surface area contributed by atoms with Crippen LogP contribution in [0.25, 0.3) is 10.9 Å². The Bertz CT molecular complexity index is 642. The molecule has 2 rings (SSSR count). The molecule has 0 aliphatic rings. The topological polar surface area (TPSA) is 68.4 Å². The summed E-state index contributed by atoms with van der Waals surface area (Å²) in [5.74, 6) is -0.782. The molecule has 106 valence electrons. The molecule has 1 aromatic carbocycles. The molecule has 0 saturated carbocycles. The summed E-state index contributed by atoms with van der Waals surface area (Å²) in [6, 6.07) is 6.77. The molecule has 0 spiro atoms. The Labute approximate surface area is 116 Å². The Kier molecular flexibility index (Phi) is 4.08. The Morgan fingerprint density at radius 3 is 2.60 bits per heavy atom. The molecule has 1 N–H and O–H groups in total. The van der Waals surface area contributed by atoms with Crippen LogP contribution in [-0.2, 0) is 9.47 Å². The lowest BCUT2D eigenvalue weighted by molar-refractivity contribution is 0.0377. The van der Waals surface area contributed by atoms with E-state index in [1.54, 1.807) is 45.0 Å². The molecule has 20 heavy (non-hydrogen) atoms. The molecule has 1 heterocycles. The zero-order valence-electron chi connectivity index (χ0n) is 11.7. The molecular formula is C15H17NO4. The van der Waals surface area contributed by atoms with Gasteiger partial charge in [-0.05, 0) is 45.0 Å². The van der Waals surface area contributed by atoms with E-state index in [4.69, 9.17) is 9.47 Å². The predicted octanol–water partition coefficient (Wildman–Crippen LogP) is 2.91. The van der Waals surface area contributed by atoms with Crippen molar-refractivity contribution in [1.82, 2.24) is 4.98 Å². The first-order chi connectivity index (χ1) is 9.51. The van der Waals surface area contributed by atoms with E-state index in [-0.39, 0.29) is 12.1 Å². The van der Waals surface area contributed by atoms with Gasteiger partial charge in [-0.2, -0.15) is 0 Å². The number of aromatic amines is 1. The van der Waals surface area contributed by atoms with E-state index < -0.39 is 5.97 Å².